The van der Waals surface area contributed by atoms with Crippen LogP contribution < -0.4 is 0 Å². The second kappa shape index (κ2) is 16.8. The van der Waals surface area contributed by atoms with Gasteiger partial charge in [-0.3, -0.25) is 0 Å². The van der Waals surface area contributed by atoms with Crippen molar-refractivity contribution in [3.05, 3.63) is 124 Å². The van der Waals surface area contributed by atoms with E-state index in [9.17, 15) is 0 Å². The molecule has 0 atom stereocenters. The molecule has 0 aliphatic heterocycles. The molecule has 4 rings (SSSR count). The van der Waals surface area contributed by atoms with Gasteiger partial charge in [0.25, 0.3) is 0 Å². The summed E-state index contributed by atoms with van der Waals surface area (Å²) in [6, 6.07) is 24.2. The monoisotopic (exact) mass is 522 g/mol. The van der Waals surface area contributed by atoms with E-state index in [2.05, 4.69) is 116 Å². The highest BCUT2D eigenvalue weighted by atomic mass is 14.4. The Hall–Kier alpha value is -3.12. The summed E-state index contributed by atoms with van der Waals surface area (Å²) in [6.45, 7) is 27.2. The Kier molecular flexibility index (Phi) is 14.6. The SMILES string of the molecule is C=C(C)C.CC.CCCC/C(C)=C\C=C(/C)c1ccc2c(c1)C(C)(C)c1cc(C)ccc1-2.Cc1ccccc1. The second-order valence-corrected chi connectivity index (χ2v) is 11.3. The van der Waals surface area contributed by atoms with Crippen LogP contribution in [-0.4, -0.2) is 0 Å². The molecular weight excluding hydrogens is 468 g/mol. The van der Waals surface area contributed by atoms with Crippen LogP contribution in [0.3, 0.4) is 0 Å². The van der Waals surface area contributed by atoms with Crippen molar-refractivity contribution in [3.63, 3.8) is 0 Å². The van der Waals surface area contributed by atoms with E-state index in [1.807, 2.05) is 45.9 Å². The van der Waals surface area contributed by atoms with E-state index in [4.69, 9.17) is 0 Å². The zero-order chi connectivity index (χ0) is 29.6. The highest BCUT2D eigenvalue weighted by Gasteiger charge is 2.35. The van der Waals surface area contributed by atoms with E-state index < -0.39 is 0 Å². The molecule has 0 saturated carbocycles. The molecule has 39 heavy (non-hydrogen) atoms. The van der Waals surface area contributed by atoms with Gasteiger partial charge in [-0.2, -0.15) is 0 Å². The van der Waals surface area contributed by atoms with E-state index in [0.29, 0.717) is 0 Å². The molecule has 0 amide bonds. The molecule has 0 nitrogen and oxygen atoms in total. The lowest BCUT2D eigenvalue weighted by molar-refractivity contribution is 0.659. The van der Waals surface area contributed by atoms with Gasteiger partial charge in [0.15, 0.2) is 0 Å². The smallest absolute Gasteiger partial charge is 0.0159 e. The van der Waals surface area contributed by atoms with Gasteiger partial charge in [0.1, 0.15) is 0 Å². The van der Waals surface area contributed by atoms with E-state index in [-0.39, 0.29) is 5.41 Å². The van der Waals surface area contributed by atoms with E-state index in [0.717, 1.165) is 0 Å². The summed E-state index contributed by atoms with van der Waals surface area (Å²) in [5, 5.41) is 0. The molecule has 0 bridgehead atoms. The summed E-state index contributed by atoms with van der Waals surface area (Å²) < 4.78 is 0. The van der Waals surface area contributed by atoms with Crippen molar-refractivity contribution >= 4 is 5.57 Å². The fraction of sp³-hybridized carbons (Fsp3) is 0.385. The normalized spacial score (nSPS) is 12.9. The Morgan fingerprint density at radius 3 is 1.79 bits per heavy atom. The van der Waals surface area contributed by atoms with Crippen LogP contribution in [0, 0.1) is 13.8 Å². The molecule has 1 aliphatic carbocycles. The van der Waals surface area contributed by atoms with Crippen LogP contribution in [0.15, 0.2) is 96.6 Å². The zero-order valence-corrected chi connectivity index (χ0v) is 26.8. The number of allylic oxidation sites excluding steroid dienone is 5. The third-order valence-corrected chi connectivity index (χ3v) is 6.77. The number of benzene rings is 3. The molecule has 0 heterocycles. The first-order valence-electron chi connectivity index (χ1n) is 14.7. The zero-order valence-electron chi connectivity index (χ0n) is 26.8. The summed E-state index contributed by atoms with van der Waals surface area (Å²) in [4.78, 5) is 0. The number of aryl methyl sites for hydroxylation is 2. The molecule has 0 spiro atoms. The number of hydrogen-bond acceptors (Lipinski definition) is 0. The van der Waals surface area contributed by atoms with Crippen molar-refractivity contribution in [1.29, 1.82) is 0 Å². The number of fused-ring (bicyclic) bond motifs is 3. The minimum atomic E-state index is 0.0693. The molecular formula is C39H54. The molecule has 0 unspecified atom stereocenters. The molecule has 0 aromatic heterocycles. The Labute approximate surface area is 241 Å². The topological polar surface area (TPSA) is 0 Å². The third kappa shape index (κ3) is 10.5. The molecule has 0 heteroatoms. The largest absolute Gasteiger partial charge is 0.100 e. The molecule has 0 N–H and O–H groups in total. The maximum atomic E-state index is 3.56. The summed E-state index contributed by atoms with van der Waals surface area (Å²) in [5.41, 5.74) is 13.8. The summed E-state index contributed by atoms with van der Waals surface area (Å²) in [6.07, 6.45) is 8.31. The van der Waals surface area contributed by atoms with Crippen LogP contribution in [0.2, 0.25) is 0 Å². The first-order chi connectivity index (χ1) is 18.5. The predicted octanol–water partition coefficient (Wildman–Crippen LogP) is 12.4. The van der Waals surface area contributed by atoms with Gasteiger partial charge < -0.3 is 0 Å². The van der Waals surface area contributed by atoms with Crippen LogP contribution >= 0.6 is 0 Å². The molecule has 3 aromatic rings. The highest BCUT2D eigenvalue weighted by molar-refractivity contribution is 5.83. The number of unbranched alkanes of at least 4 members (excludes halogenated alkanes) is 1. The summed E-state index contributed by atoms with van der Waals surface area (Å²) in [5.74, 6) is 0. The van der Waals surface area contributed by atoms with E-state index >= 15 is 0 Å². The molecule has 210 valence electrons. The van der Waals surface area contributed by atoms with Gasteiger partial charge in [0.05, 0.1) is 0 Å². The second-order valence-electron chi connectivity index (χ2n) is 11.3. The first-order valence-corrected chi connectivity index (χ1v) is 14.7. The molecule has 3 aromatic carbocycles. The maximum absolute atomic E-state index is 3.56. The Morgan fingerprint density at radius 1 is 0.744 bits per heavy atom. The molecule has 0 fully saturated rings. The fourth-order valence-corrected chi connectivity index (χ4v) is 4.53. The minimum absolute atomic E-state index is 0.0693. The summed E-state index contributed by atoms with van der Waals surface area (Å²) >= 11 is 0. The van der Waals surface area contributed by atoms with Crippen molar-refractivity contribution in [2.75, 3.05) is 0 Å². The van der Waals surface area contributed by atoms with Gasteiger partial charge in [-0.25, -0.2) is 0 Å². The lowest BCUT2D eigenvalue weighted by atomic mass is 9.81. The quantitative estimate of drug-likeness (QED) is 0.231. The van der Waals surface area contributed by atoms with Crippen molar-refractivity contribution in [1.82, 2.24) is 0 Å². The maximum Gasteiger partial charge on any atom is 0.0159 e. The van der Waals surface area contributed by atoms with Gasteiger partial charge in [0, 0.05) is 5.41 Å². The van der Waals surface area contributed by atoms with E-state index in [1.54, 1.807) is 0 Å². The Balaban J connectivity index is 0.000000485. The van der Waals surface area contributed by atoms with Gasteiger partial charge >= 0.3 is 0 Å². The van der Waals surface area contributed by atoms with E-state index in [1.165, 1.54) is 74.9 Å². The van der Waals surface area contributed by atoms with Crippen LogP contribution in [0.1, 0.15) is 109 Å². The molecule has 0 saturated heterocycles. The van der Waals surface area contributed by atoms with Crippen LogP contribution in [0.25, 0.3) is 16.7 Å². The highest BCUT2D eigenvalue weighted by Crippen LogP contribution is 2.49. The van der Waals surface area contributed by atoms with Gasteiger partial charge in [-0.15, -0.1) is 6.58 Å². The van der Waals surface area contributed by atoms with Crippen molar-refractivity contribution in [2.24, 2.45) is 0 Å². The van der Waals surface area contributed by atoms with Crippen molar-refractivity contribution in [3.8, 4) is 11.1 Å². The van der Waals surface area contributed by atoms with Crippen molar-refractivity contribution in [2.45, 2.75) is 101 Å². The fourth-order valence-electron chi connectivity index (χ4n) is 4.53. The van der Waals surface area contributed by atoms with Crippen LogP contribution in [0.4, 0.5) is 0 Å². The average Bonchev–Trinajstić information content (AvgIpc) is 3.13. The minimum Gasteiger partial charge on any atom is -0.100 e. The lowest BCUT2D eigenvalue weighted by Crippen LogP contribution is -2.15. The Morgan fingerprint density at radius 2 is 1.28 bits per heavy atom. The standard InChI is InChI=1S/C26H32.C7H8.C4H8.C2H6/c1-7-8-9-18(2)10-12-20(4)21-13-15-23-22-14-11-19(3)16-24(22)26(5,6)25(23)17-21;1-7-5-3-2-4-6-7;1-4(2)3;1-2/h10-17H,7-9H2,1-6H3;2-6H,1H3;1H2,2-3H3;1-2H3/b18-10-,20-12+;;;. The van der Waals surface area contributed by atoms with Crippen LogP contribution in [-0.2, 0) is 5.41 Å². The molecule has 0 radical (unpaired) electrons. The van der Waals surface area contributed by atoms with Crippen LogP contribution in [0.5, 0.6) is 0 Å². The average molecular weight is 523 g/mol. The van der Waals surface area contributed by atoms with Gasteiger partial charge in [-0.05, 0) is 93.8 Å². The number of hydrogen-bond donors (Lipinski definition) is 0. The predicted molar refractivity (Wildman–Crippen MR) is 179 cm³/mol. The summed E-state index contributed by atoms with van der Waals surface area (Å²) in [7, 11) is 0. The van der Waals surface area contributed by atoms with Gasteiger partial charge in [0.2, 0.25) is 0 Å². The Bertz CT molecular complexity index is 1230. The van der Waals surface area contributed by atoms with Crippen molar-refractivity contribution < 1.29 is 0 Å². The van der Waals surface area contributed by atoms with Gasteiger partial charge in [-0.1, -0.05) is 136 Å². The third-order valence-electron chi connectivity index (χ3n) is 6.77. The first kappa shape index (κ1) is 33.9. The molecule has 1 aliphatic rings. The number of rotatable bonds is 5. The lowest BCUT2D eigenvalue weighted by Gasteiger charge is -2.22.